The van der Waals surface area contributed by atoms with Gasteiger partial charge in [0.25, 0.3) is 0 Å². The number of fused-ring (bicyclic) bond motifs is 1. The molecule has 0 radical (unpaired) electrons. The Balaban J connectivity index is 1.88. The van der Waals surface area contributed by atoms with Gasteiger partial charge in [0.15, 0.2) is 0 Å². The largest absolute Gasteiger partial charge is 0.341 e. The molecular weight excluding hydrogens is 240 g/mol. The maximum Gasteiger partial charge on any atom is 0.244 e. The van der Waals surface area contributed by atoms with Crippen LogP contribution in [0.3, 0.4) is 0 Å². The van der Waals surface area contributed by atoms with Crippen molar-refractivity contribution in [3.8, 4) is 0 Å². The van der Waals surface area contributed by atoms with E-state index in [1.807, 2.05) is 11.0 Å². The average Bonchev–Trinajstić information content (AvgIpc) is 3.01. The second-order valence-electron chi connectivity index (χ2n) is 5.26. The molecule has 3 rings (SSSR count). The molecule has 1 aromatic carbocycles. The first kappa shape index (κ1) is 12.1. The Bertz CT molecular complexity index is 626. The summed E-state index contributed by atoms with van der Waals surface area (Å²) in [7, 11) is 0. The molecular formula is C14H18N4O. The second kappa shape index (κ2) is 4.64. The van der Waals surface area contributed by atoms with Crippen LogP contribution >= 0.6 is 0 Å². The fourth-order valence-electron chi connectivity index (χ4n) is 2.53. The summed E-state index contributed by atoms with van der Waals surface area (Å²) in [5.74, 6) is 0.141. The molecule has 5 heteroatoms. The quantitative estimate of drug-likeness (QED) is 0.823. The van der Waals surface area contributed by atoms with Gasteiger partial charge >= 0.3 is 0 Å². The zero-order valence-corrected chi connectivity index (χ0v) is 11.4. The predicted octanol–water partition coefficient (Wildman–Crippen LogP) is 1.67. The van der Waals surface area contributed by atoms with Gasteiger partial charge in [0, 0.05) is 13.1 Å². The van der Waals surface area contributed by atoms with Gasteiger partial charge < -0.3 is 4.90 Å². The Hall–Kier alpha value is -1.91. The van der Waals surface area contributed by atoms with Gasteiger partial charge in [0.2, 0.25) is 5.91 Å². The summed E-state index contributed by atoms with van der Waals surface area (Å²) in [6, 6.07) is 4.08. The summed E-state index contributed by atoms with van der Waals surface area (Å²) in [5.41, 5.74) is 4.20. The van der Waals surface area contributed by atoms with Gasteiger partial charge in [0.05, 0.1) is 5.52 Å². The van der Waals surface area contributed by atoms with Crippen molar-refractivity contribution in [1.82, 2.24) is 19.9 Å². The van der Waals surface area contributed by atoms with E-state index in [9.17, 15) is 4.79 Å². The van der Waals surface area contributed by atoms with Crippen molar-refractivity contribution in [2.75, 3.05) is 13.1 Å². The molecule has 1 aliphatic heterocycles. The number of benzene rings is 1. The first-order chi connectivity index (χ1) is 9.15. The van der Waals surface area contributed by atoms with Crippen LogP contribution in [0.25, 0.3) is 11.0 Å². The van der Waals surface area contributed by atoms with E-state index in [4.69, 9.17) is 0 Å². The van der Waals surface area contributed by atoms with Crippen LogP contribution in [-0.2, 0) is 11.3 Å². The van der Waals surface area contributed by atoms with Crippen LogP contribution < -0.4 is 0 Å². The molecule has 0 aliphatic carbocycles. The number of carbonyl (C=O) groups excluding carboxylic acids is 1. The van der Waals surface area contributed by atoms with Crippen molar-refractivity contribution in [2.24, 2.45) is 0 Å². The van der Waals surface area contributed by atoms with Crippen molar-refractivity contribution in [3.63, 3.8) is 0 Å². The number of aromatic nitrogens is 3. The minimum atomic E-state index is 0.141. The third-order valence-electron chi connectivity index (χ3n) is 3.87. The second-order valence-corrected chi connectivity index (χ2v) is 5.26. The van der Waals surface area contributed by atoms with Gasteiger partial charge in [-0.05, 0) is 49.9 Å². The van der Waals surface area contributed by atoms with Crippen LogP contribution in [-0.4, -0.2) is 38.9 Å². The summed E-state index contributed by atoms with van der Waals surface area (Å²) in [6.45, 7) is 6.17. The number of nitrogens with zero attached hydrogens (tertiary/aromatic N) is 4. The number of rotatable bonds is 2. The lowest BCUT2D eigenvalue weighted by Gasteiger charge is -2.15. The smallest absolute Gasteiger partial charge is 0.244 e. The van der Waals surface area contributed by atoms with Gasteiger partial charge in [-0.2, -0.15) is 0 Å². The van der Waals surface area contributed by atoms with Crippen molar-refractivity contribution in [1.29, 1.82) is 0 Å². The molecule has 1 saturated heterocycles. The first-order valence-corrected chi connectivity index (χ1v) is 6.73. The van der Waals surface area contributed by atoms with E-state index in [1.165, 1.54) is 11.1 Å². The fourth-order valence-corrected chi connectivity index (χ4v) is 2.53. The van der Waals surface area contributed by atoms with Crippen molar-refractivity contribution in [3.05, 3.63) is 23.3 Å². The molecule has 19 heavy (non-hydrogen) atoms. The van der Waals surface area contributed by atoms with Crippen molar-refractivity contribution < 1.29 is 4.79 Å². The zero-order chi connectivity index (χ0) is 13.4. The highest BCUT2D eigenvalue weighted by molar-refractivity contribution is 5.80. The van der Waals surface area contributed by atoms with E-state index in [2.05, 4.69) is 30.2 Å². The van der Waals surface area contributed by atoms with Crippen LogP contribution in [0.5, 0.6) is 0 Å². The van der Waals surface area contributed by atoms with Gasteiger partial charge in [0.1, 0.15) is 12.1 Å². The average molecular weight is 258 g/mol. The van der Waals surface area contributed by atoms with E-state index < -0.39 is 0 Å². The molecule has 5 nitrogen and oxygen atoms in total. The number of carbonyl (C=O) groups is 1. The summed E-state index contributed by atoms with van der Waals surface area (Å²) < 4.78 is 1.71. The molecule has 2 heterocycles. The molecule has 1 fully saturated rings. The molecule has 1 aromatic heterocycles. The molecule has 2 aromatic rings. The highest BCUT2D eigenvalue weighted by atomic mass is 16.2. The van der Waals surface area contributed by atoms with Crippen molar-refractivity contribution >= 4 is 16.9 Å². The molecule has 0 saturated carbocycles. The van der Waals surface area contributed by atoms with Gasteiger partial charge in [-0.25, -0.2) is 4.68 Å². The summed E-state index contributed by atoms with van der Waals surface area (Å²) in [5, 5.41) is 8.25. The molecule has 100 valence electrons. The lowest BCUT2D eigenvalue weighted by molar-refractivity contribution is -0.130. The third kappa shape index (κ3) is 2.20. The van der Waals surface area contributed by atoms with E-state index in [-0.39, 0.29) is 5.91 Å². The van der Waals surface area contributed by atoms with Crippen molar-refractivity contribution in [2.45, 2.75) is 33.2 Å². The topological polar surface area (TPSA) is 51.0 Å². The number of aryl methyl sites for hydroxylation is 2. The van der Waals surface area contributed by atoms with Crippen LogP contribution in [0.2, 0.25) is 0 Å². The lowest BCUT2D eigenvalue weighted by atomic mass is 10.1. The van der Waals surface area contributed by atoms with E-state index in [0.29, 0.717) is 6.54 Å². The molecule has 0 unspecified atom stereocenters. The fraction of sp³-hybridized carbons (Fsp3) is 0.500. The lowest BCUT2D eigenvalue weighted by Crippen LogP contribution is -2.31. The number of hydrogen-bond donors (Lipinski definition) is 0. The zero-order valence-electron chi connectivity index (χ0n) is 11.4. The Kier molecular flexibility index (Phi) is 2.97. The Morgan fingerprint density at radius 2 is 1.89 bits per heavy atom. The maximum absolute atomic E-state index is 12.1. The van der Waals surface area contributed by atoms with E-state index >= 15 is 0 Å². The summed E-state index contributed by atoms with van der Waals surface area (Å²) in [4.78, 5) is 14.1. The maximum atomic E-state index is 12.1. The van der Waals surface area contributed by atoms with E-state index in [1.54, 1.807) is 4.68 Å². The summed E-state index contributed by atoms with van der Waals surface area (Å²) in [6.07, 6.45) is 2.23. The Labute approximate surface area is 112 Å². The minimum absolute atomic E-state index is 0.141. The van der Waals surface area contributed by atoms with Gasteiger partial charge in [-0.1, -0.05) is 5.21 Å². The van der Waals surface area contributed by atoms with Crippen LogP contribution in [0.4, 0.5) is 0 Å². The molecule has 0 spiro atoms. The molecule has 1 amide bonds. The number of amides is 1. The molecule has 1 aliphatic rings. The molecule has 0 atom stereocenters. The number of hydrogen-bond acceptors (Lipinski definition) is 3. The standard InChI is InChI=1S/C14H18N4O/c1-10-7-12-13(8-11(10)2)18(16-15-12)9-14(19)17-5-3-4-6-17/h7-8H,3-6,9H2,1-2H3. The Morgan fingerprint density at radius 3 is 2.63 bits per heavy atom. The van der Waals surface area contributed by atoms with E-state index in [0.717, 1.165) is 37.0 Å². The minimum Gasteiger partial charge on any atom is -0.341 e. The Morgan fingerprint density at radius 1 is 1.21 bits per heavy atom. The third-order valence-corrected chi connectivity index (χ3v) is 3.87. The molecule has 0 N–H and O–H groups in total. The first-order valence-electron chi connectivity index (χ1n) is 6.73. The van der Waals surface area contributed by atoms with Crippen LogP contribution in [0, 0.1) is 13.8 Å². The van der Waals surface area contributed by atoms with Crippen LogP contribution in [0.15, 0.2) is 12.1 Å². The SMILES string of the molecule is Cc1cc2nnn(CC(=O)N3CCCC3)c2cc1C. The van der Waals surface area contributed by atoms with Crippen LogP contribution in [0.1, 0.15) is 24.0 Å². The van der Waals surface area contributed by atoms with Gasteiger partial charge in [-0.3, -0.25) is 4.79 Å². The monoisotopic (exact) mass is 258 g/mol. The highest BCUT2D eigenvalue weighted by Gasteiger charge is 2.19. The number of likely N-dealkylation sites (tertiary alicyclic amines) is 1. The predicted molar refractivity (Wildman–Crippen MR) is 72.8 cm³/mol. The van der Waals surface area contributed by atoms with Gasteiger partial charge in [-0.15, -0.1) is 5.10 Å². The normalized spacial score (nSPS) is 15.4. The molecule has 0 bridgehead atoms. The highest BCUT2D eigenvalue weighted by Crippen LogP contribution is 2.17. The summed E-state index contributed by atoms with van der Waals surface area (Å²) >= 11 is 0.